The van der Waals surface area contributed by atoms with Gasteiger partial charge in [0.15, 0.2) is 11.6 Å². The van der Waals surface area contributed by atoms with E-state index in [1.807, 2.05) is 6.92 Å². The molecule has 0 aromatic heterocycles. The molecule has 0 aliphatic carbocycles. The molecule has 2 unspecified atom stereocenters. The van der Waals surface area contributed by atoms with Crippen LogP contribution in [0.2, 0.25) is 0 Å². The SMILES string of the molecule is CCC1COC(C)CN1S(=O)(=O)c1cc(N)cc(F)c1F. The van der Waals surface area contributed by atoms with E-state index in [1.54, 1.807) is 6.92 Å². The minimum Gasteiger partial charge on any atom is -0.399 e. The minimum atomic E-state index is -4.17. The summed E-state index contributed by atoms with van der Waals surface area (Å²) in [6.07, 6.45) is 0.204. The van der Waals surface area contributed by atoms with Crippen molar-refractivity contribution in [3.05, 3.63) is 23.8 Å². The number of nitrogen functional groups attached to an aromatic ring is 1. The minimum absolute atomic E-state index is 0.0939. The lowest BCUT2D eigenvalue weighted by Crippen LogP contribution is -2.51. The van der Waals surface area contributed by atoms with E-state index < -0.39 is 32.6 Å². The fourth-order valence-electron chi connectivity index (χ4n) is 2.33. The molecule has 5 nitrogen and oxygen atoms in total. The fraction of sp³-hybridized carbons (Fsp3) is 0.538. The Morgan fingerprint density at radius 2 is 2.10 bits per heavy atom. The van der Waals surface area contributed by atoms with Crippen molar-refractivity contribution in [1.29, 1.82) is 0 Å². The molecule has 1 aliphatic heterocycles. The summed E-state index contributed by atoms with van der Waals surface area (Å²) in [7, 11) is -4.17. The molecule has 21 heavy (non-hydrogen) atoms. The van der Waals surface area contributed by atoms with Gasteiger partial charge in [-0.25, -0.2) is 17.2 Å². The Labute approximate surface area is 122 Å². The quantitative estimate of drug-likeness (QED) is 0.861. The average molecular weight is 320 g/mol. The third-order valence-corrected chi connectivity index (χ3v) is 5.41. The van der Waals surface area contributed by atoms with Crippen molar-refractivity contribution in [2.24, 2.45) is 0 Å². The van der Waals surface area contributed by atoms with Gasteiger partial charge in [0.1, 0.15) is 4.90 Å². The number of hydrogen-bond donors (Lipinski definition) is 1. The molecule has 1 aromatic rings. The summed E-state index contributed by atoms with van der Waals surface area (Å²) in [6, 6.07) is 1.30. The first-order chi connectivity index (χ1) is 9.77. The fourth-order valence-corrected chi connectivity index (χ4v) is 4.20. The Kier molecular flexibility index (Phi) is 4.50. The monoisotopic (exact) mass is 320 g/mol. The van der Waals surface area contributed by atoms with Crippen molar-refractivity contribution in [3.8, 4) is 0 Å². The molecule has 1 aliphatic rings. The van der Waals surface area contributed by atoms with Gasteiger partial charge in [-0.2, -0.15) is 4.31 Å². The molecule has 0 radical (unpaired) electrons. The van der Waals surface area contributed by atoms with E-state index in [-0.39, 0.29) is 24.9 Å². The number of ether oxygens (including phenoxy) is 1. The van der Waals surface area contributed by atoms with Crippen LogP contribution in [0, 0.1) is 11.6 Å². The van der Waals surface area contributed by atoms with E-state index in [2.05, 4.69) is 0 Å². The first-order valence-electron chi connectivity index (χ1n) is 6.65. The Morgan fingerprint density at radius 1 is 1.43 bits per heavy atom. The molecule has 0 spiro atoms. The molecule has 2 atom stereocenters. The van der Waals surface area contributed by atoms with Crippen molar-refractivity contribution in [2.75, 3.05) is 18.9 Å². The number of sulfonamides is 1. The third kappa shape index (κ3) is 3.02. The van der Waals surface area contributed by atoms with E-state index in [4.69, 9.17) is 10.5 Å². The van der Waals surface area contributed by atoms with Gasteiger partial charge in [0.25, 0.3) is 0 Å². The van der Waals surface area contributed by atoms with E-state index >= 15 is 0 Å². The summed E-state index contributed by atoms with van der Waals surface area (Å²) in [6.45, 7) is 3.85. The number of nitrogens with two attached hydrogens (primary N) is 1. The van der Waals surface area contributed by atoms with Crippen molar-refractivity contribution in [1.82, 2.24) is 4.31 Å². The molecule has 1 heterocycles. The van der Waals surface area contributed by atoms with Crippen molar-refractivity contribution >= 4 is 15.7 Å². The van der Waals surface area contributed by atoms with E-state index in [0.29, 0.717) is 6.42 Å². The van der Waals surface area contributed by atoms with Crippen molar-refractivity contribution in [3.63, 3.8) is 0 Å². The summed E-state index contributed by atoms with van der Waals surface area (Å²) in [5, 5.41) is 0. The van der Waals surface area contributed by atoms with Gasteiger partial charge in [0.05, 0.1) is 12.7 Å². The van der Waals surface area contributed by atoms with Gasteiger partial charge in [-0.05, 0) is 25.5 Å². The number of morpholine rings is 1. The number of benzene rings is 1. The van der Waals surface area contributed by atoms with Gasteiger partial charge in [0, 0.05) is 18.3 Å². The number of rotatable bonds is 3. The Hall–Kier alpha value is -1.25. The topological polar surface area (TPSA) is 72.6 Å². The third-order valence-electron chi connectivity index (χ3n) is 3.49. The average Bonchev–Trinajstić information content (AvgIpc) is 2.42. The van der Waals surface area contributed by atoms with Crippen molar-refractivity contribution in [2.45, 2.75) is 37.3 Å². The molecule has 0 saturated carbocycles. The standard InChI is InChI=1S/C13H18F2N2O3S/c1-3-10-7-20-8(2)6-17(10)21(18,19)12-5-9(16)4-11(14)13(12)15/h4-5,8,10H,3,6-7,16H2,1-2H3. The molecule has 1 aromatic carbocycles. The van der Waals surface area contributed by atoms with Crippen LogP contribution in [-0.4, -0.2) is 38.0 Å². The predicted octanol–water partition coefficient (Wildman–Crippen LogP) is 1.73. The van der Waals surface area contributed by atoms with Gasteiger partial charge in [-0.3, -0.25) is 0 Å². The molecular weight excluding hydrogens is 302 g/mol. The highest BCUT2D eigenvalue weighted by molar-refractivity contribution is 7.89. The molecule has 1 saturated heterocycles. The van der Waals surface area contributed by atoms with Crippen LogP contribution in [0.15, 0.2) is 17.0 Å². The molecule has 118 valence electrons. The van der Waals surface area contributed by atoms with Gasteiger partial charge in [-0.15, -0.1) is 0 Å². The van der Waals surface area contributed by atoms with E-state index in [1.165, 1.54) is 4.31 Å². The lowest BCUT2D eigenvalue weighted by atomic mass is 10.2. The van der Waals surface area contributed by atoms with Crippen LogP contribution >= 0.6 is 0 Å². The summed E-state index contributed by atoms with van der Waals surface area (Å²) in [5.74, 6) is -2.68. The van der Waals surface area contributed by atoms with Crippen LogP contribution in [0.5, 0.6) is 0 Å². The molecule has 0 bridgehead atoms. The normalized spacial score (nSPS) is 24.2. The zero-order valence-electron chi connectivity index (χ0n) is 11.8. The second-order valence-electron chi connectivity index (χ2n) is 5.10. The number of anilines is 1. The van der Waals surface area contributed by atoms with Crippen LogP contribution in [0.3, 0.4) is 0 Å². The van der Waals surface area contributed by atoms with Crippen LogP contribution in [0.25, 0.3) is 0 Å². The second kappa shape index (κ2) is 5.86. The highest BCUT2D eigenvalue weighted by Crippen LogP contribution is 2.28. The molecule has 2 rings (SSSR count). The zero-order valence-corrected chi connectivity index (χ0v) is 12.7. The van der Waals surface area contributed by atoms with Crippen LogP contribution < -0.4 is 5.73 Å². The molecular formula is C13H18F2N2O3S. The highest BCUT2D eigenvalue weighted by Gasteiger charge is 2.37. The van der Waals surface area contributed by atoms with Gasteiger partial charge < -0.3 is 10.5 Å². The van der Waals surface area contributed by atoms with E-state index in [9.17, 15) is 17.2 Å². The molecule has 0 amide bonds. The van der Waals surface area contributed by atoms with E-state index in [0.717, 1.165) is 12.1 Å². The maximum absolute atomic E-state index is 13.9. The Morgan fingerprint density at radius 3 is 2.71 bits per heavy atom. The highest BCUT2D eigenvalue weighted by atomic mass is 32.2. The lowest BCUT2D eigenvalue weighted by Gasteiger charge is -2.37. The second-order valence-corrected chi connectivity index (χ2v) is 6.95. The molecule has 2 N–H and O–H groups in total. The molecule has 8 heteroatoms. The van der Waals surface area contributed by atoms with Crippen LogP contribution in [0.1, 0.15) is 20.3 Å². The van der Waals surface area contributed by atoms with Gasteiger partial charge in [0.2, 0.25) is 10.0 Å². The number of halogens is 2. The lowest BCUT2D eigenvalue weighted by molar-refractivity contribution is -0.0231. The largest absolute Gasteiger partial charge is 0.399 e. The summed E-state index contributed by atoms with van der Waals surface area (Å²) < 4.78 is 59.2. The first-order valence-corrected chi connectivity index (χ1v) is 8.09. The summed E-state index contributed by atoms with van der Waals surface area (Å²) in [4.78, 5) is -0.729. The first kappa shape index (κ1) is 16.1. The number of hydrogen-bond acceptors (Lipinski definition) is 4. The van der Waals surface area contributed by atoms with Gasteiger partial charge in [-0.1, -0.05) is 6.92 Å². The number of nitrogens with zero attached hydrogens (tertiary/aromatic N) is 1. The molecule has 1 fully saturated rings. The Bertz CT molecular complexity index is 637. The Balaban J connectivity index is 2.50. The maximum atomic E-state index is 13.9. The van der Waals surface area contributed by atoms with Crippen LogP contribution in [-0.2, 0) is 14.8 Å². The summed E-state index contributed by atoms with van der Waals surface area (Å²) >= 11 is 0. The maximum Gasteiger partial charge on any atom is 0.246 e. The van der Waals surface area contributed by atoms with Gasteiger partial charge >= 0.3 is 0 Å². The zero-order chi connectivity index (χ0) is 15.8. The predicted molar refractivity (Wildman–Crippen MR) is 74.2 cm³/mol. The smallest absolute Gasteiger partial charge is 0.246 e. The van der Waals surface area contributed by atoms with Crippen molar-refractivity contribution < 1.29 is 21.9 Å². The van der Waals surface area contributed by atoms with Crippen LogP contribution in [0.4, 0.5) is 14.5 Å². The summed E-state index contributed by atoms with van der Waals surface area (Å²) in [5.41, 5.74) is 5.30.